The number of benzene rings is 1. The Morgan fingerprint density at radius 1 is 1.11 bits per heavy atom. The van der Waals surface area contributed by atoms with E-state index in [1.165, 1.54) is 0 Å². The molecule has 18 heavy (non-hydrogen) atoms. The van der Waals surface area contributed by atoms with Crippen molar-refractivity contribution in [2.24, 2.45) is 11.8 Å². The largest absolute Gasteiger partial charge is 0.359 e. The maximum Gasteiger partial charge on any atom is 0.171 e. The summed E-state index contributed by atoms with van der Waals surface area (Å²) in [5.41, 5.74) is 0.836. The lowest BCUT2D eigenvalue weighted by Crippen LogP contribution is -2.44. The molecule has 0 aliphatic heterocycles. The third kappa shape index (κ3) is 4.46. The Morgan fingerprint density at radius 2 is 1.67 bits per heavy atom. The van der Waals surface area contributed by atoms with Gasteiger partial charge in [0.05, 0.1) is 10.7 Å². The number of halogens is 1. The summed E-state index contributed by atoms with van der Waals surface area (Å²) in [5, 5.41) is 7.79. The normalized spacial score (nSPS) is 11.1. The molecule has 0 aliphatic carbocycles. The van der Waals surface area contributed by atoms with E-state index in [0.29, 0.717) is 28.0 Å². The minimum Gasteiger partial charge on any atom is -0.359 e. The van der Waals surface area contributed by atoms with Gasteiger partial charge in [-0.1, -0.05) is 51.4 Å². The summed E-state index contributed by atoms with van der Waals surface area (Å²) in [6.07, 6.45) is 0. The van der Waals surface area contributed by atoms with Gasteiger partial charge in [-0.15, -0.1) is 0 Å². The van der Waals surface area contributed by atoms with E-state index >= 15 is 0 Å². The van der Waals surface area contributed by atoms with Crippen LogP contribution in [-0.2, 0) is 0 Å². The SMILES string of the molecule is CC(C)C(NC(=S)Nc1ccccc1Cl)C(C)C. The first kappa shape index (κ1) is 15.3. The van der Waals surface area contributed by atoms with Gasteiger partial charge in [-0.25, -0.2) is 0 Å². The monoisotopic (exact) mass is 284 g/mol. The number of anilines is 1. The van der Waals surface area contributed by atoms with E-state index in [-0.39, 0.29) is 0 Å². The fraction of sp³-hybridized carbons (Fsp3) is 0.500. The van der Waals surface area contributed by atoms with Crippen LogP contribution in [0.3, 0.4) is 0 Å². The maximum absolute atomic E-state index is 6.08. The first-order valence-corrected chi connectivity index (χ1v) is 7.02. The molecule has 0 heterocycles. The summed E-state index contributed by atoms with van der Waals surface area (Å²) in [5.74, 6) is 1.05. The molecule has 1 aromatic carbocycles. The van der Waals surface area contributed by atoms with Crippen LogP contribution in [0.5, 0.6) is 0 Å². The topological polar surface area (TPSA) is 24.1 Å². The molecule has 0 aliphatic rings. The van der Waals surface area contributed by atoms with Crippen LogP contribution >= 0.6 is 23.8 Å². The maximum atomic E-state index is 6.08. The number of thiocarbonyl (C=S) groups is 1. The quantitative estimate of drug-likeness (QED) is 0.806. The van der Waals surface area contributed by atoms with Crippen molar-refractivity contribution in [3.05, 3.63) is 29.3 Å². The third-order valence-electron chi connectivity index (χ3n) is 2.86. The van der Waals surface area contributed by atoms with Crippen molar-refractivity contribution in [1.82, 2.24) is 5.32 Å². The zero-order valence-corrected chi connectivity index (χ0v) is 12.9. The predicted molar refractivity (Wildman–Crippen MR) is 84.3 cm³/mol. The lowest BCUT2D eigenvalue weighted by Gasteiger charge is -2.27. The molecular weight excluding hydrogens is 264 g/mol. The number of hydrogen-bond acceptors (Lipinski definition) is 1. The lowest BCUT2D eigenvalue weighted by atomic mass is 9.93. The molecule has 0 saturated carbocycles. The standard InChI is InChI=1S/C14H21ClN2S/c1-9(2)13(10(3)4)17-14(18)16-12-8-6-5-7-11(12)15/h5-10,13H,1-4H3,(H2,16,17,18). The molecule has 0 spiro atoms. The van der Waals surface area contributed by atoms with Crippen molar-refractivity contribution in [3.8, 4) is 0 Å². The van der Waals surface area contributed by atoms with E-state index in [9.17, 15) is 0 Å². The fourth-order valence-corrected chi connectivity index (χ4v) is 2.40. The van der Waals surface area contributed by atoms with E-state index in [1.807, 2.05) is 24.3 Å². The molecule has 4 heteroatoms. The lowest BCUT2D eigenvalue weighted by molar-refractivity contribution is 0.356. The minimum absolute atomic E-state index is 0.354. The first-order chi connectivity index (χ1) is 8.41. The molecule has 1 aromatic rings. The molecule has 0 radical (unpaired) electrons. The molecule has 0 amide bonds. The van der Waals surface area contributed by atoms with Crippen LogP contribution in [0, 0.1) is 11.8 Å². The van der Waals surface area contributed by atoms with Crippen LogP contribution in [0.25, 0.3) is 0 Å². The average molecular weight is 285 g/mol. The van der Waals surface area contributed by atoms with E-state index in [4.69, 9.17) is 23.8 Å². The Morgan fingerprint density at radius 3 is 2.17 bits per heavy atom. The number of nitrogens with one attached hydrogen (secondary N) is 2. The van der Waals surface area contributed by atoms with Crippen LogP contribution < -0.4 is 10.6 Å². The number of para-hydroxylation sites is 1. The van der Waals surface area contributed by atoms with Gasteiger partial charge in [0, 0.05) is 6.04 Å². The van der Waals surface area contributed by atoms with Crippen molar-refractivity contribution < 1.29 is 0 Å². The highest BCUT2D eigenvalue weighted by Gasteiger charge is 2.18. The van der Waals surface area contributed by atoms with E-state index in [1.54, 1.807) is 0 Å². The molecule has 0 unspecified atom stereocenters. The molecule has 0 saturated heterocycles. The molecule has 0 bridgehead atoms. The zero-order chi connectivity index (χ0) is 13.7. The molecule has 0 atom stereocenters. The van der Waals surface area contributed by atoms with Gasteiger partial charge in [0.1, 0.15) is 0 Å². The Kier molecular flexibility index (Phi) is 5.89. The van der Waals surface area contributed by atoms with Gasteiger partial charge in [0.15, 0.2) is 5.11 Å². The second kappa shape index (κ2) is 6.95. The third-order valence-corrected chi connectivity index (χ3v) is 3.41. The highest BCUT2D eigenvalue weighted by molar-refractivity contribution is 7.80. The van der Waals surface area contributed by atoms with Crippen LogP contribution in [0.1, 0.15) is 27.7 Å². The minimum atomic E-state index is 0.354. The fourth-order valence-electron chi connectivity index (χ4n) is 1.98. The molecule has 1 rings (SSSR count). The van der Waals surface area contributed by atoms with Crippen molar-refractivity contribution in [2.75, 3.05) is 5.32 Å². The molecular formula is C14H21ClN2S. The van der Waals surface area contributed by atoms with Crippen LogP contribution in [0.15, 0.2) is 24.3 Å². The van der Waals surface area contributed by atoms with Gasteiger partial charge in [-0.05, 0) is 36.2 Å². The zero-order valence-electron chi connectivity index (χ0n) is 11.3. The van der Waals surface area contributed by atoms with E-state index in [0.717, 1.165) is 5.69 Å². The second-order valence-corrected chi connectivity index (χ2v) is 5.91. The van der Waals surface area contributed by atoms with Crippen molar-refractivity contribution in [1.29, 1.82) is 0 Å². The summed E-state index contributed by atoms with van der Waals surface area (Å²) in [6, 6.07) is 7.94. The molecule has 0 aromatic heterocycles. The van der Waals surface area contributed by atoms with Gasteiger partial charge in [-0.3, -0.25) is 0 Å². The van der Waals surface area contributed by atoms with Crippen molar-refractivity contribution >= 4 is 34.6 Å². The highest BCUT2D eigenvalue weighted by Crippen LogP contribution is 2.20. The Hall–Kier alpha value is -0.800. The summed E-state index contributed by atoms with van der Waals surface area (Å²) in [7, 11) is 0. The van der Waals surface area contributed by atoms with Crippen LogP contribution in [0.4, 0.5) is 5.69 Å². The number of rotatable bonds is 4. The Bertz CT molecular complexity index is 397. The summed E-state index contributed by atoms with van der Waals surface area (Å²) in [6.45, 7) is 8.76. The van der Waals surface area contributed by atoms with E-state index in [2.05, 4.69) is 38.3 Å². The van der Waals surface area contributed by atoms with E-state index < -0.39 is 0 Å². The predicted octanol–water partition coefficient (Wildman–Crippen LogP) is 4.31. The van der Waals surface area contributed by atoms with Crippen molar-refractivity contribution in [2.45, 2.75) is 33.7 Å². The van der Waals surface area contributed by atoms with Gasteiger partial charge < -0.3 is 10.6 Å². The van der Waals surface area contributed by atoms with Crippen LogP contribution in [-0.4, -0.2) is 11.2 Å². The van der Waals surface area contributed by atoms with Gasteiger partial charge in [0.2, 0.25) is 0 Å². The first-order valence-electron chi connectivity index (χ1n) is 6.24. The Labute approximate surface area is 120 Å². The summed E-state index contributed by atoms with van der Waals surface area (Å²) in [4.78, 5) is 0. The van der Waals surface area contributed by atoms with Gasteiger partial charge >= 0.3 is 0 Å². The average Bonchev–Trinajstić information content (AvgIpc) is 2.28. The second-order valence-electron chi connectivity index (χ2n) is 5.09. The smallest absolute Gasteiger partial charge is 0.171 e. The highest BCUT2D eigenvalue weighted by atomic mass is 35.5. The molecule has 2 nitrogen and oxygen atoms in total. The molecule has 100 valence electrons. The van der Waals surface area contributed by atoms with Gasteiger partial charge in [-0.2, -0.15) is 0 Å². The molecule has 0 fully saturated rings. The number of hydrogen-bond donors (Lipinski definition) is 2. The summed E-state index contributed by atoms with van der Waals surface area (Å²) < 4.78 is 0. The van der Waals surface area contributed by atoms with Gasteiger partial charge in [0.25, 0.3) is 0 Å². The molecule has 2 N–H and O–H groups in total. The summed E-state index contributed by atoms with van der Waals surface area (Å²) >= 11 is 11.4. The van der Waals surface area contributed by atoms with Crippen LogP contribution in [0.2, 0.25) is 5.02 Å². The van der Waals surface area contributed by atoms with Crippen molar-refractivity contribution in [3.63, 3.8) is 0 Å². The Balaban J connectivity index is 2.64.